The van der Waals surface area contributed by atoms with Crippen LogP contribution in [0.15, 0.2) is 23.2 Å². The van der Waals surface area contributed by atoms with Gasteiger partial charge in [-0.1, -0.05) is 19.1 Å². The van der Waals surface area contributed by atoms with E-state index in [1.165, 1.54) is 11.1 Å². The Hall–Kier alpha value is -0.670. The van der Waals surface area contributed by atoms with Crippen LogP contribution in [-0.4, -0.2) is 53.9 Å². The molecule has 0 radical (unpaired) electrons. The van der Waals surface area contributed by atoms with Crippen LogP contribution in [0.2, 0.25) is 0 Å². The highest BCUT2D eigenvalue weighted by Gasteiger charge is 2.45. The number of halogens is 1. The summed E-state index contributed by atoms with van der Waals surface area (Å²) in [5.74, 6) is 2.86. The third kappa shape index (κ3) is 5.90. The quantitative estimate of drug-likeness (QED) is 0.288. The van der Waals surface area contributed by atoms with E-state index in [0.29, 0.717) is 11.8 Å². The molecule has 1 aliphatic heterocycles. The first-order valence-corrected chi connectivity index (χ1v) is 10.8. The van der Waals surface area contributed by atoms with E-state index in [0.717, 1.165) is 62.8 Å². The average molecular weight is 505 g/mol. The molecule has 27 heavy (non-hydrogen) atoms. The van der Waals surface area contributed by atoms with Gasteiger partial charge in [-0.15, -0.1) is 24.0 Å². The predicted octanol–water partition coefficient (Wildman–Crippen LogP) is 2.98. The fraction of sp³-hybridized carbons (Fsp3) is 0.650. The Labute approximate surface area is 184 Å². The standard InChI is InChI=1S/C20H31N3O2S.HI/c1-3-21-19(23-14-20(24)10-7-18(20)26-4-2)22-11-8-15-5-6-17-16(13-15)9-12-25-17;/h5-6,13,18,24H,3-4,7-12,14H2,1-2H3,(H2,21,22,23);1H. The van der Waals surface area contributed by atoms with E-state index in [1.807, 2.05) is 11.8 Å². The first kappa shape index (κ1) is 22.6. The van der Waals surface area contributed by atoms with Gasteiger partial charge in [0, 0.05) is 24.8 Å². The van der Waals surface area contributed by atoms with Gasteiger partial charge in [-0.3, -0.25) is 4.99 Å². The Morgan fingerprint density at radius 1 is 1.37 bits per heavy atom. The van der Waals surface area contributed by atoms with Gasteiger partial charge in [0.05, 0.1) is 18.8 Å². The molecule has 0 bridgehead atoms. The lowest BCUT2D eigenvalue weighted by molar-refractivity contribution is -0.0154. The maximum Gasteiger partial charge on any atom is 0.191 e. The number of hydrogen-bond acceptors (Lipinski definition) is 4. The van der Waals surface area contributed by atoms with Crippen molar-refractivity contribution in [1.82, 2.24) is 10.6 Å². The van der Waals surface area contributed by atoms with Gasteiger partial charge >= 0.3 is 0 Å². The van der Waals surface area contributed by atoms with Crippen LogP contribution in [0.25, 0.3) is 0 Å². The number of nitrogens with zero attached hydrogens (tertiary/aromatic N) is 1. The zero-order valence-corrected chi connectivity index (χ0v) is 19.4. The van der Waals surface area contributed by atoms with E-state index < -0.39 is 5.60 Å². The van der Waals surface area contributed by atoms with Crippen molar-refractivity contribution >= 4 is 41.7 Å². The number of ether oxygens (including phenoxy) is 1. The van der Waals surface area contributed by atoms with Crippen LogP contribution in [0.5, 0.6) is 5.75 Å². The van der Waals surface area contributed by atoms with Crippen LogP contribution >= 0.6 is 35.7 Å². The van der Waals surface area contributed by atoms with Crippen LogP contribution in [0, 0.1) is 0 Å². The highest BCUT2D eigenvalue weighted by atomic mass is 127. The molecule has 5 nitrogen and oxygen atoms in total. The summed E-state index contributed by atoms with van der Waals surface area (Å²) in [7, 11) is 0. The smallest absolute Gasteiger partial charge is 0.191 e. The van der Waals surface area contributed by atoms with E-state index in [9.17, 15) is 5.11 Å². The maximum atomic E-state index is 10.7. The van der Waals surface area contributed by atoms with Crippen LogP contribution in [0.3, 0.4) is 0 Å². The first-order valence-electron chi connectivity index (χ1n) is 9.75. The predicted molar refractivity (Wildman–Crippen MR) is 125 cm³/mol. The number of rotatable bonds is 8. The normalized spacial score (nSPS) is 23.7. The largest absolute Gasteiger partial charge is 0.493 e. The Balaban J connectivity index is 0.00000261. The molecule has 2 aliphatic rings. The SMILES string of the molecule is CCNC(=NCC1(O)CCC1SCC)NCCc1ccc2c(c1)CCO2.I. The summed E-state index contributed by atoms with van der Waals surface area (Å²) in [5, 5.41) is 17.7. The number of benzene rings is 1. The molecule has 1 saturated carbocycles. The molecule has 152 valence electrons. The molecule has 1 aromatic carbocycles. The molecule has 0 aromatic heterocycles. The van der Waals surface area contributed by atoms with Crippen LogP contribution in [-0.2, 0) is 12.8 Å². The molecule has 1 fully saturated rings. The van der Waals surface area contributed by atoms with E-state index in [2.05, 4.69) is 47.7 Å². The van der Waals surface area contributed by atoms with Crippen molar-refractivity contribution in [3.63, 3.8) is 0 Å². The topological polar surface area (TPSA) is 65.9 Å². The third-order valence-electron chi connectivity index (χ3n) is 5.12. The van der Waals surface area contributed by atoms with Crippen molar-refractivity contribution < 1.29 is 9.84 Å². The minimum atomic E-state index is -0.636. The molecule has 1 aliphatic carbocycles. The lowest BCUT2D eigenvalue weighted by Crippen LogP contribution is -2.53. The van der Waals surface area contributed by atoms with Crippen LogP contribution < -0.4 is 15.4 Å². The molecule has 1 heterocycles. The van der Waals surface area contributed by atoms with Gasteiger partial charge in [0.25, 0.3) is 0 Å². The van der Waals surface area contributed by atoms with Crippen molar-refractivity contribution in [1.29, 1.82) is 0 Å². The highest BCUT2D eigenvalue weighted by Crippen LogP contribution is 2.41. The van der Waals surface area contributed by atoms with Crippen molar-refractivity contribution in [3.05, 3.63) is 29.3 Å². The molecule has 3 N–H and O–H groups in total. The molecule has 0 saturated heterocycles. The number of fused-ring (bicyclic) bond motifs is 1. The zero-order chi connectivity index (χ0) is 18.4. The number of aliphatic imine (C=N–C) groups is 1. The molecule has 2 atom stereocenters. The minimum absolute atomic E-state index is 0. The molecular weight excluding hydrogens is 473 g/mol. The summed E-state index contributed by atoms with van der Waals surface area (Å²) in [4.78, 5) is 4.64. The Morgan fingerprint density at radius 3 is 2.93 bits per heavy atom. The molecule has 1 aromatic rings. The molecule has 2 unspecified atom stereocenters. The average Bonchev–Trinajstić information content (AvgIpc) is 3.11. The van der Waals surface area contributed by atoms with Gasteiger partial charge in [0.15, 0.2) is 5.96 Å². The summed E-state index contributed by atoms with van der Waals surface area (Å²) >= 11 is 1.84. The molecule has 7 heteroatoms. The van der Waals surface area contributed by atoms with Crippen molar-refractivity contribution in [3.8, 4) is 5.75 Å². The van der Waals surface area contributed by atoms with E-state index in [-0.39, 0.29) is 24.0 Å². The minimum Gasteiger partial charge on any atom is -0.493 e. The second-order valence-corrected chi connectivity index (χ2v) is 8.48. The van der Waals surface area contributed by atoms with E-state index >= 15 is 0 Å². The first-order chi connectivity index (χ1) is 12.6. The number of thioether (sulfide) groups is 1. The van der Waals surface area contributed by atoms with Gasteiger partial charge in [-0.25, -0.2) is 0 Å². The number of aliphatic hydroxyl groups is 1. The Morgan fingerprint density at radius 2 is 2.22 bits per heavy atom. The number of guanidine groups is 1. The van der Waals surface area contributed by atoms with Crippen LogP contribution in [0.1, 0.15) is 37.8 Å². The second-order valence-electron chi connectivity index (χ2n) is 7.00. The van der Waals surface area contributed by atoms with Crippen LogP contribution in [0.4, 0.5) is 0 Å². The highest BCUT2D eigenvalue weighted by molar-refractivity contribution is 14.0. The Kier molecular flexibility index (Phi) is 9.01. The van der Waals surface area contributed by atoms with Gasteiger partial charge < -0.3 is 20.5 Å². The molecule has 3 rings (SSSR count). The molecular formula is C20H32IN3O2S. The fourth-order valence-corrected chi connectivity index (χ4v) is 4.68. The van der Waals surface area contributed by atoms with Gasteiger partial charge in [-0.2, -0.15) is 11.8 Å². The van der Waals surface area contributed by atoms with Gasteiger partial charge in [0.1, 0.15) is 5.75 Å². The van der Waals surface area contributed by atoms with Crippen molar-refractivity contribution in [2.75, 3.05) is 32.0 Å². The summed E-state index contributed by atoms with van der Waals surface area (Å²) in [6.45, 7) is 7.10. The van der Waals surface area contributed by atoms with E-state index in [1.54, 1.807) is 0 Å². The summed E-state index contributed by atoms with van der Waals surface area (Å²) < 4.78 is 5.56. The third-order valence-corrected chi connectivity index (χ3v) is 6.53. The lowest BCUT2D eigenvalue weighted by atomic mass is 9.79. The Bertz CT molecular complexity index is 644. The molecule has 0 spiro atoms. The number of hydrogen-bond donors (Lipinski definition) is 3. The summed E-state index contributed by atoms with van der Waals surface area (Å²) in [5.41, 5.74) is 1.99. The van der Waals surface area contributed by atoms with Gasteiger partial charge in [0.2, 0.25) is 0 Å². The number of nitrogens with one attached hydrogen (secondary N) is 2. The van der Waals surface area contributed by atoms with E-state index in [4.69, 9.17) is 4.74 Å². The van der Waals surface area contributed by atoms with Gasteiger partial charge in [-0.05, 0) is 49.1 Å². The molecule has 0 amide bonds. The lowest BCUT2D eigenvalue weighted by Gasteiger charge is -2.44. The van der Waals surface area contributed by atoms with Crippen molar-refractivity contribution in [2.45, 2.75) is 50.4 Å². The summed E-state index contributed by atoms with van der Waals surface area (Å²) in [6.07, 6.45) is 3.90. The second kappa shape index (κ2) is 10.8. The van der Waals surface area contributed by atoms with Crippen molar-refractivity contribution in [2.24, 2.45) is 4.99 Å². The summed E-state index contributed by atoms with van der Waals surface area (Å²) in [6, 6.07) is 6.46. The fourth-order valence-electron chi connectivity index (χ4n) is 3.49. The maximum absolute atomic E-state index is 10.7. The zero-order valence-electron chi connectivity index (χ0n) is 16.3. The monoisotopic (exact) mass is 505 g/mol.